The van der Waals surface area contributed by atoms with Crippen molar-refractivity contribution >= 4 is 17.6 Å². The number of fused-ring (bicyclic) bond motifs is 1. The maximum atomic E-state index is 12.5. The number of rotatable bonds is 5. The third-order valence-corrected chi connectivity index (χ3v) is 5.30. The molecule has 3 amide bonds. The summed E-state index contributed by atoms with van der Waals surface area (Å²) in [6.45, 7) is 2.46. The fourth-order valence-corrected chi connectivity index (χ4v) is 3.39. The molecule has 7 nitrogen and oxygen atoms in total. The molecule has 2 aliphatic rings. The minimum absolute atomic E-state index is 0.0153. The molecule has 0 radical (unpaired) electrons. The summed E-state index contributed by atoms with van der Waals surface area (Å²) in [5, 5.41) is 15.1. The second-order valence-corrected chi connectivity index (χ2v) is 7.47. The van der Waals surface area contributed by atoms with Gasteiger partial charge in [-0.1, -0.05) is 24.3 Å². The SMILES string of the molecule is O=C(NCC1(CO)COC1)c1ccc(NC(=O)N2Cc3ccccc3C2)cc1. The van der Waals surface area contributed by atoms with Crippen LogP contribution in [0, 0.1) is 5.41 Å². The first-order chi connectivity index (χ1) is 13.6. The number of carbonyl (C=O) groups excluding carboxylic acids is 2. The summed E-state index contributed by atoms with van der Waals surface area (Å²) in [6, 6.07) is 14.6. The van der Waals surface area contributed by atoms with Gasteiger partial charge >= 0.3 is 6.03 Å². The van der Waals surface area contributed by atoms with Gasteiger partial charge in [-0.3, -0.25) is 4.79 Å². The van der Waals surface area contributed by atoms with Gasteiger partial charge in [0.1, 0.15) is 0 Å². The lowest BCUT2D eigenvalue weighted by Crippen LogP contribution is -2.53. The average Bonchev–Trinajstić information content (AvgIpc) is 3.12. The Bertz CT molecular complexity index is 847. The Morgan fingerprint density at radius 2 is 1.68 bits per heavy atom. The molecule has 4 rings (SSSR count). The second kappa shape index (κ2) is 7.61. The normalized spacial score (nSPS) is 16.8. The number of carbonyl (C=O) groups is 2. The number of urea groups is 1. The highest BCUT2D eigenvalue weighted by atomic mass is 16.5. The summed E-state index contributed by atoms with van der Waals surface area (Å²) in [4.78, 5) is 26.5. The van der Waals surface area contributed by atoms with Crippen molar-refractivity contribution in [3.63, 3.8) is 0 Å². The maximum absolute atomic E-state index is 12.5. The summed E-state index contributed by atoms with van der Waals surface area (Å²) in [6.07, 6.45) is 0. The highest BCUT2D eigenvalue weighted by Gasteiger charge is 2.38. The lowest BCUT2D eigenvalue weighted by Gasteiger charge is -2.39. The number of amides is 3. The molecule has 0 unspecified atom stereocenters. The van der Waals surface area contributed by atoms with Gasteiger partial charge in [-0.2, -0.15) is 0 Å². The van der Waals surface area contributed by atoms with E-state index in [1.807, 2.05) is 24.3 Å². The Kier molecular flexibility index (Phi) is 5.02. The zero-order chi connectivity index (χ0) is 19.6. The molecular weight excluding hydrogens is 358 g/mol. The molecule has 3 N–H and O–H groups in total. The molecule has 2 aromatic carbocycles. The van der Waals surface area contributed by atoms with E-state index in [0.717, 1.165) is 0 Å². The molecule has 28 heavy (non-hydrogen) atoms. The summed E-state index contributed by atoms with van der Waals surface area (Å²) < 4.78 is 5.13. The first-order valence-corrected chi connectivity index (χ1v) is 9.28. The van der Waals surface area contributed by atoms with Crippen molar-refractivity contribution < 1.29 is 19.4 Å². The Labute approximate surface area is 163 Å². The second-order valence-electron chi connectivity index (χ2n) is 7.47. The van der Waals surface area contributed by atoms with Gasteiger partial charge in [0.2, 0.25) is 0 Å². The quantitative estimate of drug-likeness (QED) is 0.739. The number of nitrogens with zero attached hydrogens (tertiary/aromatic N) is 1. The van der Waals surface area contributed by atoms with E-state index in [0.29, 0.717) is 44.1 Å². The zero-order valence-electron chi connectivity index (χ0n) is 15.5. The molecule has 0 aromatic heterocycles. The van der Waals surface area contributed by atoms with Crippen LogP contribution in [-0.2, 0) is 17.8 Å². The van der Waals surface area contributed by atoms with Crippen LogP contribution in [0.2, 0.25) is 0 Å². The summed E-state index contributed by atoms with van der Waals surface area (Å²) in [5.41, 5.74) is 3.11. The van der Waals surface area contributed by atoms with Crippen LogP contribution in [0.1, 0.15) is 21.5 Å². The van der Waals surface area contributed by atoms with Crippen molar-refractivity contribution in [3.05, 3.63) is 65.2 Å². The van der Waals surface area contributed by atoms with Crippen molar-refractivity contribution in [3.8, 4) is 0 Å². The lowest BCUT2D eigenvalue weighted by molar-refractivity contribution is -0.133. The summed E-state index contributed by atoms with van der Waals surface area (Å²) in [5.74, 6) is -0.215. The van der Waals surface area contributed by atoms with Crippen molar-refractivity contribution in [2.24, 2.45) is 5.41 Å². The first kappa shape index (κ1) is 18.5. The molecule has 0 bridgehead atoms. The zero-order valence-corrected chi connectivity index (χ0v) is 15.5. The fraction of sp³-hybridized carbons (Fsp3) is 0.333. The molecule has 0 atom stereocenters. The highest BCUT2D eigenvalue weighted by molar-refractivity contribution is 5.95. The Morgan fingerprint density at radius 1 is 1.04 bits per heavy atom. The van der Waals surface area contributed by atoms with E-state index in [-0.39, 0.29) is 24.0 Å². The number of nitrogens with one attached hydrogen (secondary N) is 2. The van der Waals surface area contributed by atoms with E-state index >= 15 is 0 Å². The number of benzene rings is 2. The van der Waals surface area contributed by atoms with Gasteiger partial charge in [-0.05, 0) is 35.4 Å². The molecule has 2 aromatic rings. The molecule has 0 aliphatic carbocycles. The third-order valence-electron chi connectivity index (χ3n) is 5.30. The van der Waals surface area contributed by atoms with Crippen LogP contribution in [0.15, 0.2) is 48.5 Å². The third kappa shape index (κ3) is 3.72. The molecule has 0 saturated carbocycles. The summed E-state index contributed by atoms with van der Waals surface area (Å²) in [7, 11) is 0. The minimum atomic E-state index is -0.364. The predicted molar refractivity (Wildman–Crippen MR) is 104 cm³/mol. The lowest BCUT2D eigenvalue weighted by atomic mass is 9.87. The molecule has 2 heterocycles. The van der Waals surface area contributed by atoms with E-state index in [1.54, 1.807) is 29.2 Å². The van der Waals surface area contributed by atoms with Crippen molar-refractivity contribution in [2.45, 2.75) is 13.1 Å². The van der Waals surface area contributed by atoms with E-state index in [2.05, 4.69) is 10.6 Å². The van der Waals surface area contributed by atoms with Gasteiger partial charge in [-0.15, -0.1) is 0 Å². The highest BCUT2D eigenvalue weighted by Crippen LogP contribution is 2.26. The number of hydrogen-bond acceptors (Lipinski definition) is 4. The molecule has 7 heteroatoms. The number of hydrogen-bond donors (Lipinski definition) is 3. The topological polar surface area (TPSA) is 90.9 Å². The van der Waals surface area contributed by atoms with Crippen molar-refractivity contribution in [1.29, 1.82) is 0 Å². The molecule has 2 aliphatic heterocycles. The van der Waals surface area contributed by atoms with Crippen LogP contribution in [0.5, 0.6) is 0 Å². The Hall–Kier alpha value is -2.90. The predicted octanol–water partition coefficient (Wildman–Crippen LogP) is 1.97. The molecule has 1 fully saturated rings. The fourth-order valence-electron chi connectivity index (χ4n) is 3.39. The van der Waals surface area contributed by atoms with Gasteiger partial charge in [0.05, 0.1) is 25.2 Å². The van der Waals surface area contributed by atoms with Gasteiger partial charge in [0.25, 0.3) is 5.91 Å². The van der Waals surface area contributed by atoms with Crippen LogP contribution < -0.4 is 10.6 Å². The van der Waals surface area contributed by atoms with Crippen molar-refractivity contribution in [2.75, 3.05) is 31.7 Å². The van der Waals surface area contributed by atoms with Crippen LogP contribution in [-0.4, -0.2) is 48.3 Å². The smallest absolute Gasteiger partial charge is 0.322 e. The Balaban J connectivity index is 1.31. The molecule has 1 saturated heterocycles. The average molecular weight is 381 g/mol. The van der Waals surface area contributed by atoms with Gasteiger partial charge in [0.15, 0.2) is 0 Å². The largest absolute Gasteiger partial charge is 0.396 e. The van der Waals surface area contributed by atoms with E-state index < -0.39 is 0 Å². The van der Waals surface area contributed by atoms with Crippen LogP contribution >= 0.6 is 0 Å². The maximum Gasteiger partial charge on any atom is 0.322 e. The number of anilines is 1. The first-order valence-electron chi connectivity index (χ1n) is 9.28. The van der Waals surface area contributed by atoms with E-state index in [1.165, 1.54) is 11.1 Å². The minimum Gasteiger partial charge on any atom is -0.396 e. The standard InChI is InChI=1S/C21H23N3O4/c25-12-21(13-28-14-21)11-22-19(26)15-5-7-18(8-6-15)23-20(27)24-9-16-3-1-2-4-17(16)10-24/h1-8,25H,9-14H2,(H,22,26)(H,23,27). The molecular formula is C21H23N3O4. The number of aliphatic hydroxyl groups excluding tert-OH is 1. The van der Waals surface area contributed by atoms with Gasteiger partial charge in [0, 0.05) is 30.9 Å². The number of aliphatic hydroxyl groups is 1. The van der Waals surface area contributed by atoms with Gasteiger partial charge < -0.3 is 25.4 Å². The van der Waals surface area contributed by atoms with Crippen LogP contribution in [0.4, 0.5) is 10.5 Å². The van der Waals surface area contributed by atoms with Crippen LogP contribution in [0.25, 0.3) is 0 Å². The summed E-state index contributed by atoms with van der Waals surface area (Å²) >= 11 is 0. The van der Waals surface area contributed by atoms with Gasteiger partial charge in [-0.25, -0.2) is 4.79 Å². The monoisotopic (exact) mass is 381 g/mol. The molecule has 0 spiro atoms. The van der Waals surface area contributed by atoms with Crippen LogP contribution in [0.3, 0.4) is 0 Å². The van der Waals surface area contributed by atoms with E-state index in [4.69, 9.17) is 4.74 Å². The Morgan fingerprint density at radius 3 is 2.21 bits per heavy atom. The van der Waals surface area contributed by atoms with E-state index in [9.17, 15) is 14.7 Å². The number of ether oxygens (including phenoxy) is 1. The van der Waals surface area contributed by atoms with Crippen molar-refractivity contribution in [1.82, 2.24) is 10.2 Å². The molecule has 146 valence electrons.